The molecule has 0 atom stereocenters. The van der Waals surface area contributed by atoms with Gasteiger partial charge in [-0.1, -0.05) is 5.92 Å². The maximum Gasteiger partial charge on any atom is 0.112 e. The SMILES string of the molecule is C#C/C(C)=C\C(O)=C/C. The molecule has 1 heteroatoms. The number of terminal acetylenes is 1. The van der Waals surface area contributed by atoms with Crippen LogP contribution in [0, 0.1) is 12.3 Å². The van der Waals surface area contributed by atoms with E-state index in [9.17, 15) is 0 Å². The van der Waals surface area contributed by atoms with E-state index in [1.54, 1.807) is 26.0 Å². The molecule has 1 nitrogen and oxygen atoms in total. The molecule has 0 unspecified atom stereocenters. The summed E-state index contributed by atoms with van der Waals surface area (Å²) >= 11 is 0. The Hall–Kier alpha value is -1.16. The van der Waals surface area contributed by atoms with E-state index in [1.165, 1.54) is 0 Å². The average Bonchev–Trinajstić information content (AvgIpc) is 1.87. The summed E-state index contributed by atoms with van der Waals surface area (Å²) in [6, 6.07) is 0. The van der Waals surface area contributed by atoms with E-state index in [4.69, 9.17) is 11.5 Å². The molecule has 0 aromatic rings. The third-order valence-electron chi connectivity index (χ3n) is 0.888. The minimum absolute atomic E-state index is 0.213. The van der Waals surface area contributed by atoms with Crippen LogP contribution in [-0.4, -0.2) is 5.11 Å². The van der Waals surface area contributed by atoms with Crippen LogP contribution in [0.25, 0.3) is 0 Å². The van der Waals surface area contributed by atoms with Gasteiger partial charge in [-0.15, -0.1) is 6.42 Å². The maximum atomic E-state index is 8.85. The van der Waals surface area contributed by atoms with Gasteiger partial charge in [0, 0.05) is 5.57 Å². The first-order chi connectivity index (χ1) is 4.20. The molecule has 48 valence electrons. The van der Waals surface area contributed by atoms with Crippen LogP contribution in [0.3, 0.4) is 0 Å². The Morgan fingerprint density at radius 2 is 2.22 bits per heavy atom. The van der Waals surface area contributed by atoms with E-state index < -0.39 is 0 Å². The van der Waals surface area contributed by atoms with Crippen LogP contribution in [-0.2, 0) is 0 Å². The van der Waals surface area contributed by atoms with E-state index in [0.29, 0.717) is 0 Å². The monoisotopic (exact) mass is 122 g/mol. The van der Waals surface area contributed by atoms with Crippen LogP contribution < -0.4 is 0 Å². The van der Waals surface area contributed by atoms with Gasteiger partial charge in [0.05, 0.1) is 0 Å². The highest BCUT2D eigenvalue weighted by atomic mass is 16.3. The minimum atomic E-state index is 0.213. The Bertz CT molecular complexity index is 179. The third kappa shape index (κ3) is 3.42. The van der Waals surface area contributed by atoms with E-state index in [-0.39, 0.29) is 5.76 Å². The lowest BCUT2D eigenvalue weighted by Crippen LogP contribution is -1.74. The second-order valence-corrected chi connectivity index (χ2v) is 1.69. The number of hydrogen-bond donors (Lipinski definition) is 1. The van der Waals surface area contributed by atoms with Crippen LogP contribution in [0.5, 0.6) is 0 Å². The number of aliphatic hydroxyl groups is 1. The van der Waals surface area contributed by atoms with E-state index >= 15 is 0 Å². The molecule has 0 aliphatic heterocycles. The average molecular weight is 122 g/mol. The molecule has 0 saturated carbocycles. The van der Waals surface area contributed by atoms with Crippen molar-refractivity contribution in [2.75, 3.05) is 0 Å². The summed E-state index contributed by atoms with van der Waals surface area (Å²) in [5, 5.41) is 8.85. The summed E-state index contributed by atoms with van der Waals surface area (Å²) < 4.78 is 0. The largest absolute Gasteiger partial charge is 0.508 e. The number of allylic oxidation sites excluding steroid dienone is 3. The van der Waals surface area contributed by atoms with Crippen LogP contribution >= 0.6 is 0 Å². The topological polar surface area (TPSA) is 20.2 Å². The van der Waals surface area contributed by atoms with Crippen molar-refractivity contribution in [2.24, 2.45) is 0 Å². The first kappa shape index (κ1) is 7.84. The van der Waals surface area contributed by atoms with Crippen molar-refractivity contribution in [3.8, 4) is 12.3 Å². The van der Waals surface area contributed by atoms with Crippen molar-refractivity contribution in [3.05, 3.63) is 23.5 Å². The fraction of sp³-hybridized carbons (Fsp3) is 0.250. The van der Waals surface area contributed by atoms with Gasteiger partial charge in [-0.05, 0) is 26.0 Å². The second kappa shape index (κ2) is 3.80. The molecular weight excluding hydrogens is 112 g/mol. The van der Waals surface area contributed by atoms with Crippen LogP contribution in [0.1, 0.15) is 13.8 Å². The molecule has 0 fully saturated rings. The van der Waals surface area contributed by atoms with Crippen LogP contribution in [0.4, 0.5) is 0 Å². The standard InChI is InChI=1S/C8H10O/c1-4-7(3)6-8(9)5-2/h1,5-6,9H,2-3H3/b7-6-,8-5+. The first-order valence-electron chi connectivity index (χ1n) is 2.71. The predicted molar refractivity (Wildman–Crippen MR) is 39.0 cm³/mol. The zero-order chi connectivity index (χ0) is 7.28. The fourth-order valence-electron chi connectivity index (χ4n) is 0.347. The van der Waals surface area contributed by atoms with Gasteiger partial charge < -0.3 is 5.11 Å². The minimum Gasteiger partial charge on any atom is -0.508 e. The Morgan fingerprint density at radius 3 is 2.56 bits per heavy atom. The highest BCUT2D eigenvalue weighted by Crippen LogP contribution is 1.95. The zero-order valence-corrected chi connectivity index (χ0v) is 5.68. The van der Waals surface area contributed by atoms with Gasteiger partial charge in [0.25, 0.3) is 0 Å². The molecule has 0 radical (unpaired) electrons. The molecule has 0 aliphatic carbocycles. The summed E-state index contributed by atoms with van der Waals surface area (Å²) in [7, 11) is 0. The van der Waals surface area contributed by atoms with Gasteiger partial charge in [0.15, 0.2) is 0 Å². The van der Waals surface area contributed by atoms with Gasteiger partial charge in [-0.2, -0.15) is 0 Å². The van der Waals surface area contributed by atoms with Gasteiger partial charge in [-0.25, -0.2) is 0 Å². The van der Waals surface area contributed by atoms with Crippen molar-refractivity contribution in [3.63, 3.8) is 0 Å². The Labute approximate surface area is 55.7 Å². The molecule has 0 bridgehead atoms. The molecule has 0 aromatic carbocycles. The zero-order valence-electron chi connectivity index (χ0n) is 5.68. The molecule has 0 aliphatic rings. The third-order valence-corrected chi connectivity index (χ3v) is 0.888. The predicted octanol–water partition coefficient (Wildman–Crippen LogP) is 2.03. The first-order valence-corrected chi connectivity index (χ1v) is 2.71. The summed E-state index contributed by atoms with van der Waals surface area (Å²) in [5.74, 6) is 2.60. The summed E-state index contributed by atoms with van der Waals surface area (Å²) in [4.78, 5) is 0. The molecule has 1 N–H and O–H groups in total. The Morgan fingerprint density at radius 1 is 1.67 bits per heavy atom. The summed E-state index contributed by atoms with van der Waals surface area (Å²) in [5.41, 5.74) is 0.727. The van der Waals surface area contributed by atoms with Crippen molar-refractivity contribution in [2.45, 2.75) is 13.8 Å². The highest BCUT2D eigenvalue weighted by Gasteiger charge is 1.82. The van der Waals surface area contributed by atoms with Gasteiger partial charge in [0.1, 0.15) is 5.76 Å². The lowest BCUT2D eigenvalue weighted by atomic mass is 10.3. The van der Waals surface area contributed by atoms with Gasteiger partial charge >= 0.3 is 0 Å². The van der Waals surface area contributed by atoms with E-state index in [1.807, 2.05) is 0 Å². The summed E-state index contributed by atoms with van der Waals surface area (Å²) in [6.07, 6.45) is 8.14. The lowest BCUT2D eigenvalue weighted by molar-refractivity contribution is 0.431. The van der Waals surface area contributed by atoms with Gasteiger partial charge in [-0.3, -0.25) is 0 Å². The van der Waals surface area contributed by atoms with E-state index in [2.05, 4.69) is 5.92 Å². The normalized spacial score (nSPS) is 13.0. The lowest BCUT2D eigenvalue weighted by Gasteiger charge is -1.87. The number of hydrogen-bond acceptors (Lipinski definition) is 1. The molecule has 9 heavy (non-hydrogen) atoms. The summed E-state index contributed by atoms with van der Waals surface area (Å²) in [6.45, 7) is 3.51. The molecule has 0 saturated heterocycles. The molecular formula is C8H10O. The maximum absolute atomic E-state index is 8.85. The van der Waals surface area contributed by atoms with Crippen LogP contribution in [0.2, 0.25) is 0 Å². The Kier molecular flexibility index (Phi) is 3.31. The van der Waals surface area contributed by atoms with E-state index in [0.717, 1.165) is 5.57 Å². The second-order valence-electron chi connectivity index (χ2n) is 1.69. The fourth-order valence-corrected chi connectivity index (χ4v) is 0.347. The molecule has 0 heterocycles. The number of rotatable bonds is 1. The van der Waals surface area contributed by atoms with Crippen LogP contribution in [0.15, 0.2) is 23.5 Å². The Balaban J connectivity index is 4.17. The highest BCUT2D eigenvalue weighted by molar-refractivity contribution is 5.28. The molecule has 0 amide bonds. The quantitative estimate of drug-likeness (QED) is 0.320. The molecule has 0 rings (SSSR count). The van der Waals surface area contributed by atoms with Crippen molar-refractivity contribution >= 4 is 0 Å². The molecule has 0 aromatic heterocycles. The van der Waals surface area contributed by atoms with Crippen molar-refractivity contribution in [1.82, 2.24) is 0 Å². The van der Waals surface area contributed by atoms with Crippen molar-refractivity contribution < 1.29 is 5.11 Å². The van der Waals surface area contributed by atoms with Gasteiger partial charge in [0.2, 0.25) is 0 Å². The number of aliphatic hydroxyl groups excluding tert-OH is 1. The molecule has 0 spiro atoms. The smallest absolute Gasteiger partial charge is 0.112 e. The van der Waals surface area contributed by atoms with Crippen molar-refractivity contribution in [1.29, 1.82) is 0 Å².